The molecule has 0 atom stereocenters. The lowest BCUT2D eigenvalue weighted by Gasteiger charge is -2.32. The maximum absolute atomic E-state index is 14.5. The highest BCUT2D eigenvalue weighted by Crippen LogP contribution is 2.39. The van der Waals surface area contributed by atoms with E-state index in [9.17, 15) is 4.39 Å². The van der Waals surface area contributed by atoms with Gasteiger partial charge in [-0.1, -0.05) is 11.6 Å². The van der Waals surface area contributed by atoms with Crippen LogP contribution in [-0.2, 0) is 9.31 Å². The third-order valence-electron chi connectivity index (χ3n) is 4.27. The lowest BCUT2D eigenvalue weighted by Crippen LogP contribution is -2.41. The summed E-state index contributed by atoms with van der Waals surface area (Å²) < 4.78 is 31.4. The average molecular weight is 351 g/mol. The Kier molecular flexibility index (Phi) is 4.27. The zero-order valence-corrected chi connectivity index (χ0v) is 14.6. The molecule has 2 aromatic heterocycles. The SMILES string of the molecule is CC1(C)OB(C(F)=Cc2ccc(-c3nccnc3Cl)o2)OC1(C)C. The second kappa shape index (κ2) is 5.99. The molecule has 3 heterocycles. The standard InChI is InChI=1S/C16H17BClFN2O3/c1-15(2)16(3,4)24-17(23-15)12(19)9-10-5-6-11(22-10)13-14(18)21-8-7-20-13/h5-9H,1-4H3. The lowest BCUT2D eigenvalue weighted by atomic mass is 9.87. The first-order chi connectivity index (χ1) is 11.2. The van der Waals surface area contributed by atoms with Crippen LogP contribution in [0, 0.1) is 0 Å². The molecule has 1 aliphatic heterocycles. The third-order valence-corrected chi connectivity index (χ3v) is 4.55. The lowest BCUT2D eigenvalue weighted by molar-refractivity contribution is 0.00578. The highest BCUT2D eigenvalue weighted by molar-refractivity contribution is 6.54. The number of nitrogens with zero attached hydrogens (tertiary/aromatic N) is 2. The minimum absolute atomic E-state index is 0.216. The molecule has 0 amide bonds. The number of halogens is 2. The van der Waals surface area contributed by atoms with Crippen LogP contribution in [0.25, 0.3) is 17.5 Å². The molecule has 2 aromatic rings. The summed E-state index contributed by atoms with van der Waals surface area (Å²) in [7, 11) is -1.07. The molecule has 0 spiro atoms. The summed E-state index contributed by atoms with van der Waals surface area (Å²) in [5.41, 5.74) is -1.39. The Balaban J connectivity index is 1.82. The Morgan fingerprint density at radius 3 is 2.38 bits per heavy atom. The van der Waals surface area contributed by atoms with E-state index in [1.807, 2.05) is 27.7 Å². The molecule has 0 bridgehead atoms. The van der Waals surface area contributed by atoms with E-state index >= 15 is 0 Å². The van der Waals surface area contributed by atoms with E-state index in [0.717, 1.165) is 0 Å². The van der Waals surface area contributed by atoms with Crippen molar-refractivity contribution in [2.24, 2.45) is 0 Å². The topological polar surface area (TPSA) is 57.4 Å². The predicted octanol–water partition coefficient (Wildman–Crippen LogP) is 4.33. The fraction of sp³-hybridized carbons (Fsp3) is 0.375. The second-order valence-corrected chi connectivity index (χ2v) is 6.87. The molecule has 1 aliphatic rings. The summed E-state index contributed by atoms with van der Waals surface area (Å²) in [4.78, 5) is 8.04. The summed E-state index contributed by atoms with van der Waals surface area (Å²) >= 11 is 5.98. The number of aromatic nitrogens is 2. The first-order valence-corrected chi connectivity index (χ1v) is 7.87. The summed E-state index contributed by atoms with van der Waals surface area (Å²) in [6.45, 7) is 7.45. The van der Waals surface area contributed by atoms with Gasteiger partial charge in [-0.2, -0.15) is 0 Å². The Hall–Kier alpha value is -1.70. The van der Waals surface area contributed by atoms with Gasteiger partial charge in [-0.3, -0.25) is 0 Å². The van der Waals surface area contributed by atoms with Crippen molar-refractivity contribution in [3.63, 3.8) is 0 Å². The van der Waals surface area contributed by atoms with Gasteiger partial charge in [0.15, 0.2) is 10.9 Å². The Morgan fingerprint density at radius 1 is 1.12 bits per heavy atom. The van der Waals surface area contributed by atoms with Crippen molar-refractivity contribution < 1.29 is 18.1 Å². The molecule has 0 aromatic carbocycles. The van der Waals surface area contributed by atoms with Crippen LogP contribution >= 0.6 is 11.6 Å². The largest absolute Gasteiger partial charge is 0.525 e. The van der Waals surface area contributed by atoms with Crippen molar-refractivity contribution in [2.45, 2.75) is 38.9 Å². The average Bonchev–Trinajstić information content (AvgIpc) is 3.02. The van der Waals surface area contributed by atoms with E-state index in [4.69, 9.17) is 25.3 Å². The molecule has 1 saturated heterocycles. The number of hydrogen-bond acceptors (Lipinski definition) is 5. The second-order valence-electron chi connectivity index (χ2n) is 6.52. The molecule has 5 nitrogen and oxygen atoms in total. The van der Waals surface area contributed by atoms with Gasteiger partial charge >= 0.3 is 7.12 Å². The first-order valence-electron chi connectivity index (χ1n) is 7.49. The van der Waals surface area contributed by atoms with Crippen LogP contribution in [0.2, 0.25) is 5.15 Å². The Morgan fingerprint density at radius 2 is 1.75 bits per heavy atom. The van der Waals surface area contributed by atoms with Crippen molar-refractivity contribution in [3.8, 4) is 11.5 Å². The molecular formula is C16H17BClFN2O3. The van der Waals surface area contributed by atoms with Gasteiger partial charge in [0.05, 0.1) is 11.2 Å². The molecule has 0 unspecified atom stereocenters. The molecule has 1 fully saturated rings. The summed E-state index contributed by atoms with van der Waals surface area (Å²) in [6.07, 6.45) is 4.22. The highest BCUT2D eigenvalue weighted by atomic mass is 35.5. The Labute approximate surface area is 145 Å². The number of rotatable bonds is 3. The Bertz CT molecular complexity index is 775. The minimum Gasteiger partial charge on any atom is -0.455 e. The molecule has 24 heavy (non-hydrogen) atoms. The van der Waals surface area contributed by atoms with E-state index in [2.05, 4.69) is 9.97 Å². The van der Waals surface area contributed by atoms with Crippen molar-refractivity contribution >= 4 is 24.8 Å². The molecule has 3 rings (SSSR count). The normalized spacial score (nSPS) is 19.8. The van der Waals surface area contributed by atoms with Crippen molar-refractivity contribution in [1.82, 2.24) is 9.97 Å². The zero-order valence-electron chi connectivity index (χ0n) is 13.8. The molecule has 0 N–H and O–H groups in total. The van der Waals surface area contributed by atoms with Crippen LogP contribution in [0.15, 0.2) is 34.7 Å². The fourth-order valence-corrected chi connectivity index (χ4v) is 2.40. The number of furan rings is 1. The molecule has 0 saturated carbocycles. The van der Waals surface area contributed by atoms with Gasteiger partial charge in [-0.15, -0.1) is 0 Å². The van der Waals surface area contributed by atoms with Crippen LogP contribution in [0.1, 0.15) is 33.5 Å². The smallest absolute Gasteiger partial charge is 0.455 e. The van der Waals surface area contributed by atoms with E-state index in [-0.39, 0.29) is 5.15 Å². The summed E-state index contributed by atoms with van der Waals surface area (Å²) in [5, 5.41) is 0.216. The van der Waals surface area contributed by atoms with Gasteiger partial charge in [0.1, 0.15) is 17.2 Å². The van der Waals surface area contributed by atoms with E-state index in [1.54, 1.807) is 12.1 Å². The van der Waals surface area contributed by atoms with Crippen LogP contribution < -0.4 is 0 Å². The van der Waals surface area contributed by atoms with Gasteiger partial charge in [0.25, 0.3) is 0 Å². The highest BCUT2D eigenvalue weighted by Gasteiger charge is 2.53. The quantitative estimate of drug-likeness (QED) is 0.771. The van der Waals surface area contributed by atoms with Crippen LogP contribution in [-0.4, -0.2) is 28.3 Å². The maximum atomic E-state index is 14.5. The zero-order chi connectivity index (χ0) is 17.5. The van der Waals surface area contributed by atoms with Crippen LogP contribution in [0.3, 0.4) is 0 Å². The van der Waals surface area contributed by atoms with Crippen LogP contribution in [0.5, 0.6) is 0 Å². The summed E-state index contributed by atoms with van der Waals surface area (Å²) in [6, 6.07) is 3.27. The van der Waals surface area contributed by atoms with Gasteiger partial charge < -0.3 is 13.7 Å². The van der Waals surface area contributed by atoms with Gasteiger partial charge in [0, 0.05) is 18.5 Å². The fourth-order valence-electron chi connectivity index (χ4n) is 2.20. The summed E-state index contributed by atoms with van der Waals surface area (Å²) in [5.74, 6) is 0.708. The molecule has 8 heteroatoms. The molecular weight excluding hydrogens is 333 g/mol. The van der Waals surface area contributed by atoms with E-state index in [1.165, 1.54) is 18.5 Å². The van der Waals surface area contributed by atoms with Crippen LogP contribution in [0.4, 0.5) is 4.39 Å². The number of hydrogen-bond donors (Lipinski definition) is 0. The van der Waals surface area contributed by atoms with Gasteiger partial charge in [0.2, 0.25) is 0 Å². The minimum atomic E-state index is -1.07. The van der Waals surface area contributed by atoms with E-state index in [0.29, 0.717) is 17.2 Å². The maximum Gasteiger partial charge on any atom is 0.525 e. The molecule has 0 aliphatic carbocycles. The van der Waals surface area contributed by atoms with Gasteiger partial charge in [-0.05, 0) is 39.8 Å². The van der Waals surface area contributed by atoms with Crippen molar-refractivity contribution in [1.29, 1.82) is 0 Å². The first kappa shape index (κ1) is 17.1. The van der Waals surface area contributed by atoms with E-state index < -0.39 is 24.0 Å². The molecule has 0 radical (unpaired) electrons. The van der Waals surface area contributed by atoms with Crippen molar-refractivity contribution in [3.05, 3.63) is 41.2 Å². The third kappa shape index (κ3) is 3.11. The van der Waals surface area contributed by atoms with Crippen molar-refractivity contribution in [2.75, 3.05) is 0 Å². The predicted molar refractivity (Wildman–Crippen MR) is 89.9 cm³/mol. The van der Waals surface area contributed by atoms with Gasteiger partial charge in [-0.25, -0.2) is 14.4 Å². The molecule has 126 valence electrons. The monoisotopic (exact) mass is 350 g/mol.